The summed E-state index contributed by atoms with van der Waals surface area (Å²) in [6.45, 7) is 5.77. The maximum atomic E-state index is 12.7. The molecule has 0 N–H and O–H groups in total. The third kappa shape index (κ3) is 3.31. The van der Waals surface area contributed by atoms with Gasteiger partial charge in [0.05, 0.1) is 37.1 Å². The maximum absolute atomic E-state index is 12.7. The lowest BCUT2D eigenvalue weighted by Gasteiger charge is -2.26. The van der Waals surface area contributed by atoms with Crippen molar-refractivity contribution < 1.29 is 14.3 Å². The number of pyridine rings is 1. The van der Waals surface area contributed by atoms with Crippen LogP contribution in [0, 0.1) is 18.3 Å². The molecule has 4 heterocycles. The van der Waals surface area contributed by atoms with Crippen molar-refractivity contribution in [1.29, 1.82) is 0 Å². The molecule has 2 saturated heterocycles. The molecule has 132 valence electrons. The topological polar surface area (TPSA) is 64.6 Å². The first-order valence-electron chi connectivity index (χ1n) is 8.43. The smallest absolute Gasteiger partial charge is 0.272 e. The van der Waals surface area contributed by atoms with Gasteiger partial charge in [-0.2, -0.15) is 0 Å². The Morgan fingerprint density at radius 3 is 3.20 bits per heavy atom. The largest absolute Gasteiger partial charge is 0.380 e. The number of carbonyl (C=O) groups is 1. The van der Waals surface area contributed by atoms with E-state index in [2.05, 4.69) is 9.97 Å². The predicted molar refractivity (Wildman–Crippen MR) is 93.4 cm³/mol. The van der Waals surface area contributed by atoms with Crippen LogP contribution < -0.4 is 0 Å². The second kappa shape index (κ2) is 6.82. The highest BCUT2D eigenvalue weighted by molar-refractivity contribution is 7.09. The van der Waals surface area contributed by atoms with Gasteiger partial charge >= 0.3 is 0 Å². The third-order valence-electron chi connectivity index (χ3n) is 5.00. The first-order chi connectivity index (χ1) is 12.2. The van der Waals surface area contributed by atoms with Crippen LogP contribution in [0.15, 0.2) is 29.8 Å². The number of hydrogen-bond acceptors (Lipinski definition) is 6. The summed E-state index contributed by atoms with van der Waals surface area (Å²) in [7, 11) is 0. The molecule has 0 unspecified atom stereocenters. The van der Waals surface area contributed by atoms with E-state index in [9.17, 15) is 4.79 Å². The highest BCUT2D eigenvalue weighted by atomic mass is 32.1. The summed E-state index contributed by atoms with van der Waals surface area (Å²) in [5.74, 6) is 0.307. The molecule has 0 radical (unpaired) electrons. The molecule has 2 aliphatic rings. The van der Waals surface area contributed by atoms with Gasteiger partial charge in [0, 0.05) is 36.0 Å². The zero-order valence-corrected chi connectivity index (χ0v) is 15.0. The standard InChI is InChI=1S/C18H21N3O3S/c1-13-20-15(9-25-13)8-24-12-18-10-21(6-14(18)7-23-11-18)17(22)16-4-2-3-5-19-16/h2-5,9,14H,6-8,10-12H2,1H3/t14-,18+/m1/s1. The Morgan fingerprint density at radius 2 is 2.44 bits per heavy atom. The van der Waals surface area contributed by atoms with Gasteiger partial charge in [0.15, 0.2) is 0 Å². The summed E-state index contributed by atoms with van der Waals surface area (Å²) in [4.78, 5) is 23.2. The molecule has 2 atom stereocenters. The number of aryl methyl sites for hydroxylation is 1. The molecular formula is C18H21N3O3S. The molecule has 0 bridgehead atoms. The Kier molecular flexibility index (Phi) is 4.54. The summed E-state index contributed by atoms with van der Waals surface area (Å²) in [5, 5.41) is 3.08. The van der Waals surface area contributed by atoms with Crippen LogP contribution in [0.25, 0.3) is 0 Å². The fourth-order valence-electron chi connectivity index (χ4n) is 3.68. The Balaban J connectivity index is 1.41. The van der Waals surface area contributed by atoms with Gasteiger partial charge in [-0.25, -0.2) is 4.98 Å². The molecule has 0 aliphatic carbocycles. The summed E-state index contributed by atoms with van der Waals surface area (Å²) in [5.41, 5.74) is 1.35. The lowest BCUT2D eigenvalue weighted by molar-refractivity contribution is 0.0176. The van der Waals surface area contributed by atoms with Gasteiger partial charge in [0.2, 0.25) is 0 Å². The fraction of sp³-hybridized carbons (Fsp3) is 0.500. The number of fused-ring (bicyclic) bond motifs is 1. The minimum absolute atomic E-state index is 0.00972. The lowest BCUT2D eigenvalue weighted by Crippen LogP contribution is -2.37. The minimum atomic E-state index is -0.116. The van der Waals surface area contributed by atoms with Gasteiger partial charge in [-0.1, -0.05) is 6.07 Å². The highest BCUT2D eigenvalue weighted by Crippen LogP contribution is 2.42. The minimum Gasteiger partial charge on any atom is -0.380 e. The summed E-state index contributed by atoms with van der Waals surface area (Å²) in [6, 6.07) is 5.43. The lowest BCUT2D eigenvalue weighted by atomic mass is 9.82. The normalized spacial score (nSPS) is 25.3. The van der Waals surface area contributed by atoms with E-state index in [1.165, 1.54) is 0 Å². The van der Waals surface area contributed by atoms with E-state index < -0.39 is 0 Å². The average Bonchev–Trinajstić information content (AvgIpc) is 3.29. The molecule has 0 saturated carbocycles. The van der Waals surface area contributed by atoms with Crippen molar-refractivity contribution in [3.05, 3.63) is 46.2 Å². The summed E-state index contributed by atoms with van der Waals surface area (Å²) >= 11 is 1.63. The summed E-state index contributed by atoms with van der Waals surface area (Å²) in [6.07, 6.45) is 1.65. The van der Waals surface area contributed by atoms with Crippen LogP contribution in [0.4, 0.5) is 0 Å². The quantitative estimate of drug-likeness (QED) is 0.818. The van der Waals surface area contributed by atoms with Crippen molar-refractivity contribution in [2.24, 2.45) is 11.3 Å². The number of nitrogens with zero attached hydrogens (tertiary/aromatic N) is 3. The van der Waals surface area contributed by atoms with Gasteiger partial charge < -0.3 is 14.4 Å². The van der Waals surface area contributed by atoms with Gasteiger partial charge in [-0.05, 0) is 19.1 Å². The molecule has 7 heteroatoms. The van der Waals surface area contributed by atoms with Crippen molar-refractivity contribution in [2.45, 2.75) is 13.5 Å². The number of likely N-dealkylation sites (tertiary alicyclic amines) is 1. The molecule has 25 heavy (non-hydrogen) atoms. The second-order valence-electron chi connectivity index (χ2n) is 6.83. The molecule has 2 fully saturated rings. The van der Waals surface area contributed by atoms with E-state index in [1.54, 1.807) is 23.6 Å². The van der Waals surface area contributed by atoms with E-state index in [4.69, 9.17) is 9.47 Å². The van der Waals surface area contributed by atoms with E-state index >= 15 is 0 Å². The second-order valence-corrected chi connectivity index (χ2v) is 7.89. The molecule has 0 spiro atoms. The van der Waals surface area contributed by atoms with Crippen molar-refractivity contribution in [2.75, 3.05) is 32.9 Å². The highest BCUT2D eigenvalue weighted by Gasteiger charge is 2.52. The van der Waals surface area contributed by atoms with Crippen LogP contribution in [-0.4, -0.2) is 53.7 Å². The third-order valence-corrected chi connectivity index (χ3v) is 5.82. The average molecular weight is 359 g/mol. The van der Waals surface area contributed by atoms with Crippen molar-refractivity contribution in [1.82, 2.24) is 14.9 Å². The SMILES string of the molecule is Cc1nc(COC[C@]23COC[C@H]2CN(C(=O)c2ccccn2)C3)cs1. The first kappa shape index (κ1) is 16.6. The van der Waals surface area contributed by atoms with Crippen molar-refractivity contribution >= 4 is 17.2 Å². The monoisotopic (exact) mass is 359 g/mol. The number of rotatable bonds is 5. The molecule has 1 amide bonds. The van der Waals surface area contributed by atoms with Crippen LogP contribution in [0.3, 0.4) is 0 Å². The summed E-state index contributed by atoms with van der Waals surface area (Å²) < 4.78 is 11.7. The van der Waals surface area contributed by atoms with E-state index in [-0.39, 0.29) is 11.3 Å². The van der Waals surface area contributed by atoms with E-state index in [1.807, 2.05) is 29.3 Å². The number of amides is 1. The first-order valence-corrected chi connectivity index (χ1v) is 9.31. The number of hydrogen-bond donors (Lipinski definition) is 0. The van der Waals surface area contributed by atoms with Gasteiger partial charge in [-0.15, -0.1) is 11.3 Å². The van der Waals surface area contributed by atoms with E-state index in [0.29, 0.717) is 51.1 Å². The molecular weight excluding hydrogens is 338 g/mol. The Labute approximate surface area is 150 Å². The molecule has 2 aromatic heterocycles. The number of thiazole rings is 1. The van der Waals surface area contributed by atoms with Crippen molar-refractivity contribution in [3.8, 4) is 0 Å². The zero-order valence-electron chi connectivity index (χ0n) is 14.2. The van der Waals surface area contributed by atoms with Gasteiger partial charge in [0.25, 0.3) is 5.91 Å². The molecule has 0 aromatic carbocycles. The molecule has 6 nitrogen and oxygen atoms in total. The maximum Gasteiger partial charge on any atom is 0.272 e. The number of aromatic nitrogens is 2. The van der Waals surface area contributed by atoms with Gasteiger partial charge in [0.1, 0.15) is 5.69 Å². The Hall–Kier alpha value is -1.83. The van der Waals surface area contributed by atoms with Crippen LogP contribution in [0.5, 0.6) is 0 Å². The van der Waals surface area contributed by atoms with Crippen molar-refractivity contribution in [3.63, 3.8) is 0 Å². The Morgan fingerprint density at radius 1 is 1.52 bits per heavy atom. The molecule has 2 aromatic rings. The number of ether oxygens (including phenoxy) is 2. The molecule has 4 rings (SSSR count). The zero-order chi connectivity index (χ0) is 17.3. The van der Waals surface area contributed by atoms with Gasteiger partial charge in [-0.3, -0.25) is 9.78 Å². The molecule has 2 aliphatic heterocycles. The van der Waals surface area contributed by atoms with Crippen LogP contribution in [0.2, 0.25) is 0 Å². The number of carbonyl (C=O) groups excluding carboxylic acids is 1. The van der Waals surface area contributed by atoms with Crippen LogP contribution in [0.1, 0.15) is 21.2 Å². The fourth-order valence-corrected chi connectivity index (χ4v) is 4.27. The van der Waals surface area contributed by atoms with Crippen LogP contribution >= 0.6 is 11.3 Å². The van der Waals surface area contributed by atoms with Crippen LogP contribution in [-0.2, 0) is 16.1 Å². The predicted octanol–water partition coefficient (Wildman–Crippen LogP) is 2.15. The Bertz CT molecular complexity index is 751. The van der Waals surface area contributed by atoms with E-state index in [0.717, 1.165) is 10.7 Å².